The highest BCUT2D eigenvalue weighted by Crippen LogP contribution is 2.27. The molecule has 2 aromatic rings. The molecule has 4 heteroatoms. The van der Waals surface area contributed by atoms with Crippen molar-refractivity contribution in [2.24, 2.45) is 0 Å². The van der Waals surface area contributed by atoms with Crippen molar-refractivity contribution in [2.45, 2.75) is 25.8 Å². The molecule has 0 spiro atoms. The molecule has 1 unspecified atom stereocenters. The molecule has 0 aliphatic carbocycles. The van der Waals surface area contributed by atoms with Crippen LogP contribution in [0.2, 0.25) is 5.02 Å². The summed E-state index contributed by atoms with van der Waals surface area (Å²) < 4.78 is 15.1. The highest BCUT2D eigenvalue weighted by atomic mass is 127. The molecule has 2 rings (SSSR count). The monoisotopic (exact) mass is 417 g/mol. The van der Waals surface area contributed by atoms with Gasteiger partial charge in [0.25, 0.3) is 0 Å². The van der Waals surface area contributed by atoms with Gasteiger partial charge in [0.15, 0.2) is 0 Å². The Morgan fingerprint density at radius 1 is 1.24 bits per heavy atom. The molecule has 21 heavy (non-hydrogen) atoms. The summed E-state index contributed by atoms with van der Waals surface area (Å²) >= 11 is 8.43. The van der Waals surface area contributed by atoms with Gasteiger partial charge in [-0.05, 0) is 77.4 Å². The fourth-order valence-electron chi connectivity index (χ4n) is 2.28. The Kier molecular flexibility index (Phi) is 6.45. The number of rotatable bonds is 6. The molecule has 0 saturated carbocycles. The number of nitrogens with one attached hydrogen (secondary N) is 1. The molecular weight excluding hydrogens is 400 g/mol. The Labute approximate surface area is 144 Å². The zero-order valence-electron chi connectivity index (χ0n) is 11.9. The number of halogens is 3. The smallest absolute Gasteiger partial charge is 0.126 e. The Morgan fingerprint density at radius 2 is 2.00 bits per heavy atom. The third-order valence-corrected chi connectivity index (χ3v) is 4.57. The van der Waals surface area contributed by atoms with Crippen LogP contribution in [-0.4, -0.2) is 6.54 Å². The summed E-state index contributed by atoms with van der Waals surface area (Å²) in [4.78, 5) is 0. The van der Waals surface area contributed by atoms with Gasteiger partial charge in [-0.3, -0.25) is 0 Å². The van der Waals surface area contributed by atoms with Crippen molar-refractivity contribution >= 4 is 34.2 Å². The van der Waals surface area contributed by atoms with Crippen molar-refractivity contribution in [3.8, 4) is 0 Å². The van der Waals surface area contributed by atoms with Gasteiger partial charge in [0.2, 0.25) is 0 Å². The molecule has 0 bridgehead atoms. The highest BCUT2D eigenvalue weighted by molar-refractivity contribution is 14.1. The van der Waals surface area contributed by atoms with Gasteiger partial charge >= 0.3 is 0 Å². The van der Waals surface area contributed by atoms with E-state index in [0.29, 0.717) is 11.4 Å². The van der Waals surface area contributed by atoms with E-state index in [1.54, 1.807) is 6.07 Å². The SMILES string of the molecule is CCCNC(Cc1ccccc1F)c1cc(Cl)ccc1I. The minimum atomic E-state index is -0.155. The van der Waals surface area contributed by atoms with Gasteiger partial charge < -0.3 is 5.32 Å². The summed E-state index contributed by atoms with van der Waals surface area (Å²) in [5.41, 5.74) is 1.85. The Balaban J connectivity index is 2.30. The molecule has 0 amide bonds. The predicted octanol–water partition coefficient (Wildman–Crippen LogP) is 5.37. The van der Waals surface area contributed by atoms with Crippen molar-refractivity contribution in [1.29, 1.82) is 0 Å². The average Bonchev–Trinajstić information content (AvgIpc) is 2.48. The van der Waals surface area contributed by atoms with Crippen molar-refractivity contribution in [3.63, 3.8) is 0 Å². The number of hydrogen-bond acceptors (Lipinski definition) is 1. The largest absolute Gasteiger partial charge is 0.310 e. The van der Waals surface area contributed by atoms with Crippen LogP contribution in [0.1, 0.15) is 30.5 Å². The second kappa shape index (κ2) is 8.11. The molecule has 1 nitrogen and oxygen atoms in total. The van der Waals surface area contributed by atoms with Gasteiger partial charge in [-0.1, -0.05) is 36.7 Å². The van der Waals surface area contributed by atoms with Crippen LogP contribution in [0, 0.1) is 9.39 Å². The van der Waals surface area contributed by atoms with E-state index in [1.807, 2.05) is 30.3 Å². The number of benzene rings is 2. The Bertz CT molecular complexity index is 603. The van der Waals surface area contributed by atoms with Crippen molar-refractivity contribution in [3.05, 3.63) is 68.0 Å². The van der Waals surface area contributed by atoms with Crippen LogP contribution in [-0.2, 0) is 6.42 Å². The normalized spacial score (nSPS) is 12.4. The van der Waals surface area contributed by atoms with Gasteiger partial charge in [0.05, 0.1) is 0 Å². The van der Waals surface area contributed by atoms with Crippen LogP contribution < -0.4 is 5.32 Å². The lowest BCUT2D eigenvalue weighted by Crippen LogP contribution is -2.25. The first-order valence-corrected chi connectivity index (χ1v) is 8.49. The second-order valence-corrected chi connectivity index (χ2v) is 6.57. The first-order chi connectivity index (χ1) is 10.1. The molecule has 0 radical (unpaired) electrons. The van der Waals surface area contributed by atoms with Crippen molar-refractivity contribution in [1.82, 2.24) is 5.32 Å². The third kappa shape index (κ3) is 4.66. The Morgan fingerprint density at radius 3 is 2.71 bits per heavy atom. The van der Waals surface area contributed by atoms with E-state index in [9.17, 15) is 4.39 Å². The molecule has 0 heterocycles. The van der Waals surface area contributed by atoms with E-state index in [-0.39, 0.29) is 11.9 Å². The topological polar surface area (TPSA) is 12.0 Å². The summed E-state index contributed by atoms with van der Waals surface area (Å²) in [6.45, 7) is 3.01. The van der Waals surface area contributed by atoms with Gasteiger partial charge in [-0.2, -0.15) is 0 Å². The Hall–Kier alpha value is -0.650. The molecule has 2 aromatic carbocycles. The van der Waals surface area contributed by atoms with E-state index >= 15 is 0 Å². The predicted molar refractivity (Wildman–Crippen MR) is 95.3 cm³/mol. The van der Waals surface area contributed by atoms with E-state index in [0.717, 1.165) is 27.7 Å². The molecule has 0 saturated heterocycles. The molecule has 1 N–H and O–H groups in total. The van der Waals surface area contributed by atoms with E-state index in [1.165, 1.54) is 6.07 Å². The van der Waals surface area contributed by atoms with Crippen LogP contribution in [0.3, 0.4) is 0 Å². The quantitative estimate of drug-likeness (QED) is 0.623. The molecule has 0 fully saturated rings. The van der Waals surface area contributed by atoms with E-state index in [4.69, 9.17) is 11.6 Å². The first kappa shape index (κ1) is 16.7. The first-order valence-electron chi connectivity index (χ1n) is 7.03. The minimum Gasteiger partial charge on any atom is -0.310 e. The zero-order valence-corrected chi connectivity index (χ0v) is 14.8. The third-order valence-electron chi connectivity index (χ3n) is 3.36. The summed E-state index contributed by atoms with van der Waals surface area (Å²) in [7, 11) is 0. The van der Waals surface area contributed by atoms with Gasteiger partial charge in [0.1, 0.15) is 5.82 Å². The molecule has 1 atom stereocenters. The lowest BCUT2D eigenvalue weighted by Gasteiger charge is -2.21. The van der Waals surface area contributed by atoms with E-state index < -0.39 is 0 Å². The van der Waals surface area contributed by atoms with Crippen LogP contribution >= 0.6 is 34.2 Å². The molecular formula is C17H18ClFIN. The van der Waals surface area contributed by atoms with Crippen molar-refractivity contribution in [2.75, 3.05) is 6.54 Å². The van der Waals surface area contributed by atoms with Gasteiger partial charge in [-0.15, -0.1) is 0 Å². The summed E-state index contributed by atoms with van der Waals surface area (Å²) in [6, 6.07) is 12.9. The zero-order chi connectivity index (χ0) is 15.2. The van der Waals surface area contributed by atoms with Crippen LogP contribution in [0.5, 0.6) is 0 Å². The average molecular weight is 418 g/mol. The molecule has 0 aliphatic rings. The minimum absolute atomic E-state index is 0.0625. The van der Waals surface area contributed by atoms with Gasteiger partial charge in [0, 0.05) is 14.6 Å². The summed E-state index contributed by atoms with van der Waals surface area (Å²) in [6.07, 6.45) is 1.65. The summed E-state index contributed by atoms with van der Waals surface area (Å²) in [5, 5.41) is 4.21. The maximum Gasteiger partial charge on any atom is 0.126 e. The fourth-order valence-corrected chi connectivity index (χ4v) is 3.17. The standard InChI is InChI=1S/C17H18ClFIN/c1-2-9-21-17(10-12-5-3-4-6-15(12)19)14-11-13(18)7-8-16(14)20/h3-8,11,17,21H,2,9-10H2,1H3. The van der Waals surface area contributed by atoms with Crippen LogP contribution in [0.25, 0.3) is 0 Å². The molecule has 0 aliphatic heterocycles. The van der Waals surface area contributed by atoms with Crippen LogP contribution in [0.4, 0.5) is 4.39 Å². The summed E-state index contributed by atoms with van der Waals surface area (Å²) in [5.74, 6) is -0.155. The maximum atomic E-state index is 13.9. The fraction of sp³-hybridized carbons (Fsp3) is 0.294. The highest BCUT2D eigenvalue weighted by Gasteiger charge is 2.16. The molecule has 0 aromatic heterocycles. The van der Waals surface area contributed by atoms with Gasteiger partial charge in [-0.25, -0.2) is 4.39 Å². The van der Waals surface area contributed by atoms with Crippen LogP contribution in [0.15, 0.2) is 42.5 Å². The number of hydrogen-bond donors (Lipinski definition) is 1. The lowest BCUT2D eigenvalue weighted by atomic mass is 9.98. The maximum absolute atomic E-state index is 13.9. The molecule has 112 valence electrons. The second-order valence-electron chi connectivity index (χ2n) is 4.97. The van der Waals surface area contributed by atoms with Crippen molar-refractivity contribution < 1.29 is 4.39 Å². The lowest BCUT2D eigenvalue weighted by molar-refractivity contribution is 0.511. The van der Waals surface area contributed by atoms with E-state index in [2.05, 4.69) is 34.8 Å².